The minimum absolute atomic E-state index is 0.261. The molecule has 0 aliphatic heterocycles. The highest BCUT2D eigenvalue weighted by Crippen LogP contribution is 2.25. The highest BCUT2D eigenvalue weighted by Gasteiger charge is 2.19. The van der Waals surface area contributed by atoms with Crippen LogP contribution in [0.15, 0.2) is 37.0 Å². The predicted molar refractivity (Wildman–Crippen MR) is 56.8 cm³/mol. The Morgan fingerprint density at radius 2 is 2.36 bits per heavy atom. The lowest BCUT2D eigenvalue weighted by Crippen LogP contribution is -2.16. The number of rotatable bonds is 4. The van der Waals surface area contributed by atoms with Gasteiger partial charge in [0.15, 0.2) is 0 Å². The second-order valence-electron chi connectivity index (χ2n) is 3.39. The molecule has 0 aromatic carbocycles. The fourth-order valence-electron chi connectivity index (χ4n) is 1.50. The molecule has 14 heavy (non-hydrogen) atoms. The molecule has 0 N–H and O–H groups in total. The summed E-state index contributed by atoms with van der Waals surface area (Å²) in [5.41, 5.74) is 0.594. The molecule has 2 heteroatoms. The zero-order valence-electron chi connectivity index (χ0n) is 8.37. The van der Waals surface area contributed by atoms with E-state index >= 15 is 0 Å². The highest BCUT2D eigenvalue weighted by molar-refractivity contribution is 5.88. The normalized spacial score (nSPS) is 20.1. The van der Waals surface area contributed by atoms with Gasteiger partial charge in [-0.25, -0.2) is 4.79 Å². The van der Waals surface area contributed by atoms with Gasteiger partial charge in [0.1, 0.15) is 6.61 Å². The molecule has 0 fully saturated rings. The maximum atomic E-state index is 11.4. The molecule has 2 nitrogen and oxygen atoms in total. The first-order valence-electron chi connectivity index (χ1n) is 4.87. The van der Waals surface area contributed by atoms with Crippen LogP contribution in [0.2, 0.25) is 0 Å². The fraction of sp³-hybridized carbons (Fsp3) is 0.417. The molecule has 0 saturated carbocycles. The molecular formula is C12H16O2. The molecule has 0 saturated heterocycles. The Balaban J connectivity index is 2.43. The summed E-state index contributed by atoms with van der Waals surface area (Å²) in [6.45, 7) is 7.54. The van der Waals surface area contributed by atoms with E-state index in [9.17, 15) is 4.79 Å². The standard InChI is InChI=1S/C12H16O2/c1-3-9-14-12(13)10(2)11-7-5-4-6-8-11/h3-5,11H,1-2,6-9H2. The first-order valence-corrected chi connectivity index (χ1v) is 4.87. The van der Waals surface area contributed by atoms with Crippen LogP contribution in [-0.2, 0) is 9.53 Å². The van der Waals surface area contributed by atoms with Crippen molar-refractivity contribution < 1.29 is 9.53 Å². The Morgan fingerprint density at radius 3 is 2.93 bits per heavy atom. The van der Waals surface area contributed by atoms with Crippen LogP contribution in [0.25, 0.3) is 0 Å². The summed E-state index contributed by atoms with van der Waals surface area (Å²) >= 11 is 0. The average molecular weight is 192 g/mol. The molecule has 0 radical (unpaired) electrons. The van der Waals surface area contributed by atoms with Crippen molar-refractivity contribution >= 4 is 5.97 Å². The van der Waals surface area contributed by atoms with Crippen molar-refractivity contribution in [1.82, 2.24) is 0 Å². The summed E-state index contributed by atoms with van der Waals surface area (Å²) in [5, 5.41) is 0. The number of allylic oxidation sites excluding steroid dienone is 2. The van der Waals surface area contributed by atoms with Crippen molar-refractivity contribution in [1.29, 1.82) is 0 Å². The van der Waals surface area contributed by atoms with E-state index in [2.05, 4.69) is 25.3 Å². The van der Waals surface area contributed by atoms with Crippen LogP contribution in [0.3, 0.4) is 0 Å². The van der Waals surface area contributed by atoms with Crippen LogP contribution in [0, 0.1) is 5.92 Å². The van der Waals surface area contributed by atoms with Gasteiger partial charge in [0.2, 0.25) is 0 Å². The lowest BCUT2D eigenvalue weighted by molar-refractivity contribution is -0.138. The Hall–Kier alpha value is -1.31. The molecule has 1 rings (SSSR count). The molecule has 1 atom stereocenters. The number of hydrogen-bond acceptors (Lipinski definition) is 2. The van der Waals surface area contributed by atoms with E-state index in [4.69, 9.17) is 4.74 Å². The molecule has 76 valence electrons. The lowest BCUT2D eigenvalue weighted by atomic mass is 9.88. The summed E-state index contributed by atoms with van der Waals surface area (Å²) in [6, 6.07) is 0. The van der Waals surface area contributed by atoms with Gasteiger partial charge in [-0.15, -0.1) is 0 Å². The fourth-order valence-corrected chi connectivity index (χ4v) is 1.50. The van der Waals surface area contributed by atoms with Crippen molar-refractivity contribution in [3.05, 3.63) is 37.0 Å². The van der Waals surface area contributed by atoms with Gasteiger partial charge in [0.05, 0.1) is 0 Å². The summed E-state index contributed by atoms with van der Waals surface area (Å²) in [6.07, 6.45) is 8.73. The summed E-state index contributed by atoms with van der Waals surface area (Å²) in [4.78, 5) is 11.4. The van der Waals surface area contributed by atoms with E-state index in [1.165, 1.54) is 0 Å². The van der Waals surface area contributed by atoms with Crippen LogP contribution in [0.4, 0.5) is 0 Å². The van der Waals surface area contributed by atoms with E-state index in [1.807, 2.05) is 0 Å². The largest absolute Gasteiger partial charge is 0.458 e. The smallest absolute Gasteiger partial charge is 0.334 e. The minimum Gasteiger partial charge on any atom is -0.458 e. The van der Waals surface area contributed by atoms with Crippen molar-refractivity contribution in [2.75, 3.05) is 6.61 Å². The van der Waals surface area contributed by atoms with E-state index in [0.29, 0.717) is 5.57 Å². The van der Waals surface area contributed by atoms with Gasteiger partial charge in [-0.05, 0) is 25.2 Å². The van der Waals surface area contributed by atoms with Gasteiger partial charge in [-0.1, -0.05) is 31.4 Å². The van der Waals surface area contributed by atoms with Crippen molar-refractivity contribution in [3.8, 4) is 0 Å². The van der Waals surface area contributed by atoms with E-state index in [1.54, 1.807) is 6.08 Å². The van der Waals surface area contributed by atoms with E-state index in [0.717, 1.165) is 19.3 Å². The van der Waals surface area contributed by atoms with Gasteiger partial charge in [0, 0.05) is 5.57 Å². The van der Waals surface area contributed by atoms with Crippen LogP contribution in [0.1, 0.15) is 19.3 Å². The van der Waals surface area contributed by atoms with Gasteiger partial charge < -0.3 is 4.74 Å². The molecule has 0 aromatic heterocycles. The van der Waals surface area contributed by atoms with Crippen LogP contribution in [-0.4, -0.2) is 12.6 Å². The van der Waals surface area contributed by atoms with Crippen LogP contribution < -0.4 is 0 Å². The SMILES string of the molecule is C=CCOC(=O)C(=C)C1CC=CCC1. The maximum absolute atomic E-state index is 11.4. The predicted octanol–water partition coefficient (Wildman–Crippen LogP) is 2.63. The molecule has 0 amide bonds. The third kappa shape index (κ3) is 2.87. The quantitative estimate of drug-likeness (QED) is 0.389. The molecule has 0 aromatic rings. The summed E-state index contributed by atoms with van der Waals surface area (Å²) in [5.74, 6) is -0.0254. The second-order valence-corrected chi connectivity index (χ2v) is 3.39. The van der Waals surface area contributed by atoms with Gasteiger partial charge in [-0.3, -0.25) is 0 Å². The Labute approximate surface area is 85.0 Å². The topological polar surface area (TPSA) is 26.3 Å². The Morgan fingerprint density at radius 1 is 1.57 bits per heavy atom. The Bertz CT molecular complexity index is 263. The molecule has 0 spiro atoms. The molecular weight excluding hydrogens is 176 g/mol. The summed E-state index contributed by atoms with van der Waals surface area (Å²) < 4.78 is 4.93. The van der Waals surface area contributed by atoms with E-state index < -0.39 is 0 Å². The number of carbonyl (C=O) groups is 1. The van der Waals surface area contributed by atoms with Crippen molar-refractivity contribution in [3.63, 3.8) is 0 Å². The number of carbonyl (C=O) groups excluding carboxylic acids is 1. The van der Waals surface area contributed by atoms with Crippen molar-refractivity contribution in [2.45, 2.75) is 19.3 Å². The Kier molecular flexibility index (Phi) is 4.17. The van der Waals surface area contributed by atoms with Gasteiger partial charge in [0.25, 0.3) is 0 Å². The highest BCUT2D eigenvalue weighted by atomic mass is 16.5. The van der Waals surface area contributed by atoms with E-state index in [-0.39, 0.29) is 18.5 Å². The van der Waals surface area contributed by atoms with Gasteiger partial charge in [-0.2, -0.15) is 0 Å². The minimum atomic E-state index is -0.287. The number of ether oxygens (including phenoxy) is 1. The average Bonchev–Trinajstić information content (AvgIpc) is 2.26. The molecule has 0 heterocycles. The molecule has 0 bridgehead atoms. The van der Waals surface area contributed by atoms with Gasteiger partial charge >= 0.3 is 5.97 Å². The first-order chi connectivity index (χ1) is 6.75. The lowest BCUT2D eigenvalue weighted by Gasteiger charge is -2.18. The molecule has 1 unspecified atom stereocenters. The first kappa shape index (κ1) is 10.8. The zero-order valence-corrected chi connectivity index (χ0v) is 8.37. The third-order valence-electron chi connectivity index (χ3n) is 2.36. The molecule has 1 aliphatic rings. The monoisotopic (exact) mass is 192 g/mol. The van der Waals surface area contributed by atoms with Crippen LogP contribution in [0.5, 0.6) is 0 Å². The second kappa shape index (κ2) is 5.43. The maximum Gasteiger partial charge on any atom is 0.334 e. The van der Waals surface area contributed by atoms with Crippen LogP contribution >= 0.6 is 0 Å². The number of hydrogen-bond donors (Lipinski definition) is 0. The summed E-state index contributed by atoms with van der Waals surface area (Å²) in [7, 11) is 0. The molecule has 1 aliphatic carbocycles. The zero-order chi connectivity index (χ0) is 10.4. The third-order valence-corrected chi connectivity index (χ3v) is 2.36. The number of esters is 1. The van der Waals surface area contributed by atoms with Crippen molar-refractivity contribution in [2.24, 2.45) is 5.92 Å².